The molecule has 0 aliphatic rings. The van der Waals surface area contributed by atoms with E-state index in [1.165, 1.54) is 70.6 Å². The van der Waals surface area contributed by atoms with Crippen molar-refractivity contribution >= 4 is 19.8 Å². The van der Waals surface area contributed by atoms with Gasteiger partial charge in [-0.05, 0) is 77.0 Å². The van der Waals surface area contributed by atoms with Gasteiger partial charge in [-0.15, -0.1) is 0 Å². The van der Waals surface area contributed by atoms with Crippen LogP contribution in [0.3, 0.4) is 0 Å². The first-order valence-electron chi connectivity index (χ1n) is 20.2. The zero-order valence-corrected chi connectivity index (χ0v) is 33.6. The van der Waals surface area contributed by atoms with Crippen LogP contribution in [0.5, 0.6) is 0 Å². The van der Waals surface area contributed by atoms with Gasteiger partial charge >= 0.3 is 19.8 Å². The van der Waals surface area contributed by atoms with Crippen molar-refractivity contribution in [1.82, 2.24) is 0 Å². The van der Waals surface area contributed by atoms with Gasteiger partial charge in [0.05, 0.1) is 6.61 Å². The smallest absolute Gasteiger partial charge is 0.462 e. The topological polar surface area (TPSA) is 119 Å². The molecule has 0 aliphatic heterocycles. The molecule has 1 atom stereocenters. The fourth-order valence-corrected chi connectivity index (χ4v) is 5.53. The molecule has 0 saturated carbocycles. The fraction of sp³-hybridized carbons (Fsp3) is 0.674. The second-order valence-corrected chi connectivity index (χ2v) is 14.5. The van der Waals surface area contributed by atoms with Crippen LogP contribution in [0.1, 0.15) is 168 Å². The van der Waals surface area contributed by atoms with E-state index in [2.05, 4.69) is 79.1 Å². The quantitative estimate of drug-likeness (QED) is 0.0281. The third-order valence-corrected chi connectivity index (χ3v) is 8.70. The number of rotatable bonds is 36. The van der Waals surface area contributed by atoms with Crippen LogP contribution >= 0.6 is 7.82 Å². The van der Waals surface area contributed by atoms with Gasteiger partial charge < -0.3 is 19.3 Å². The zero-order chi connectivity index (χ0) is 38.2. The molecule has 298 valence electrons. The van der Waals surface area contributed by atoms with E-state index < -0.39 is 32.5 Å². The van der Waals surface area contributed by atoms with Crippen molar-refractivity contribution in [2.24, 2.45) is 0 Å². The first-order chi connectivity index (χ1) is 25.3. The normalized spacial score (nSPS) is 13.2. The summed E-state index contributed by atoms with van der Waals surface area (Å²) in [6.07, 6.45) is 49.2. The minimum atomic E-state index is -4.77. The van der Waals surface area contributed by atoms with Crippen molar-refractivity contribution in [3.8, 4) is 0 Å². The predicted octanol–water partition coefficient (Wildman–Crippen LogP) is 12.3. The highest BCUT2D eigenvalue weighted by Gasteiger charge is 2.22. The highest BCUT2D eigenvalue weighted by Crippen LogP contribution is 2.36. The summed E-state index contributed by atoms with van der Waals surface area (Å²) in [6.45, 7) is 3.57. The summed E-state index contributed by atoms with van der Waals surface area (Å²) in [4.78, 5) is 42.7. The predicted molar refractivity (Wildman–Crippen MR) is 216 cm³/mol. The molecule has 0 rings (SSSR count). The minimum absolute atomic E-state index is 0.139. The van der Waals surface area contributed by atoms with Crippen LogP contribution in [0.15, 0.2) is 72.9 Å². The van der Waals surface area contributed by atoms with E-state index >= 15 is 0 Å². The maximum atomic E-state index is 12.4. The number of allylic oxidation sites excluding steroid dienone is 12. The summed E-state index contributed by atoms with van der Waals surface area (Å²) >= 11 is 0. The Morgan fingerprint density at radius 2 is 0.904 bits per heavy atom. The lowest BCUT2D eigenvalue weighted by atomic mass is 10.1. The summed E-state index contributed by atoms with van der Waals surface area (Å²) in [5.41, 5.74) is 0. The van der Waals surface area contributed by atoms with E-state index in [1.54, 1.807) is 0 Å². The van der Waals surface area contributed by atoms with Gasteiger partial charge in [0.25, 0.3) is 0 Å². The minimum Gasteiger partial charge on any atom is -0.462 e. The Kier molecular flexibility index (Phi) is 36.4. The third-order valence-electron chi connectivity index (χ3n) is 8.21. The second kappa shape index (κ2) is 38.2. The first-order valence-corrected chi connectivity index (χ1v) is 21.8. The number of carbonyl (C=O) groups excluding carboxylic acids is 2. The number of esters is 2. The molecule has 0 bridgehead atoms. The molecule has 0 aromatic carbocycles. The molecule has 8 nitrogen and oxygen atoms in total. The van der Waals surface area contributed by atoms with E-state index in [-0.39, 0.29) is 19.4 Å². The molecule has 0 heterocycles. The van der Waals surface area contributed by atoms with Gasteiger partial charge in [0.1, 0.15) is 6.61 Å². The van der Waals surface area contributed by atoms with Crippen LogP contribution in [0.2, 0.25) is 0 Å². The molecular weight excluding hydrogens is 675 g/mol. The lowest BCUT2D eigenvalue weighted by Gasteiger charge is -2.18. The van der Waals surface area contributed by atoms with Crippen molar-refractivity contribution in [2.45, 2.75) is 174 Å². The lowest BCUT2D eigenvalue weighted by Crippen LogP contribution is -2.29. The van der Waals surface area contributed by atoms with E-state index in [9.17, 15) is 14.2 Å². The second-order valence-electron chi connectivity index (χ2n) is 13.2. The number of phosphoric acid groups is 1. The van der Waals surface area contributed by atoms with Gasteiger partial charge in [0.2, 0.25) is 0 Å². The number of hydrogen-bond acceptors (Lipinski definition) is 6. The number of carbonyl (C=O) groups is 2. The Hall–Kier alpha value is -2.51. The molecular formula is C43H73O8P. The van der Waals surface area contributed by atoms with Crippen LogP contribution in [-0.4, -0.2) is 41.0 Å². The maximum Gasteiger partial charge on any atom is 0.469 e. The van der Waals surface area contributed by atoms with Crippen molar-refractivity contribution in [2.75, 3.05) is 13.2 Å². The molecule has 0 amide bonds. The van der Waals surface area contributed by atoms with E-state index in [0.717, 1.165) is 57.8 Å². The van der Waals surface area contributed by atoms with Crippen LogP contribution in [0.25, 0.3) is 0 Å². The summed E-state index contributed by atoms with van der Waals surface area (Å²) in [7, 11) is -4.77. The van der Waals surface area contributed by atoms with Gasteiger partial charge in [-0.1, -0.05) is 151 Å². The molecule has 2 N–H and O–H groups in total. The Morgan fingerprint density at radius 3 is 1.42 bits per heavy atom. The van der Waals surface area contributed by atoms with Crippen molar-refractivity contribution in [3.05, 3.63) is 72.9 Å². The van der Waals surface area contributed by atoms with Gasteiger partial charge in [-0.3, -0.25) is 14.1 Å². The Balaban J connectivity index is 4.10. The summed E-state index contributed by atoms with van der Waals surface area (Å²) in [5, 5.41) is 0. The Labute approximate surface area is 317 Å². The summed E-state index contributed by atoms with van der Waals surface area (Å²) in [6, 6.07) is 0. The molecule has 0 saturated heterocycles. The molecule has 52 heavy (non-hydrogen) atoms. The van der Waals surface area contributed by atoms with Crippen molar-refractivity contribution in [1.29, 1.82) is 0 Å². The highest BCUT2D eigenvalue weighted by molar-refractivity contribution is 7.46. The molecule has 0 fully saturated rings. The molecule has 0 spiro atoms. The SMILES string of the molecule is CCCCC/C=C/C/C=C/C/C=C/C/C=C/C/C=C/CCC(=O)OC[C@H](COP(=O)(O)O)OC(=O)CCCCCCC/C=C/CCCCCCCC. The van der Waals surface area contributed by atoms with Crippen LogP contribution in [-0.2, 0) is 28.2 Å². The standard InChI is InChI=1S/C43H73O8P/c1-3-5-7-9-11-13-15-17-19-20-21-22-24-25-27-29-31-33-35-37-42(44)49-39-41(40-50-52(46,47)48)51-43(45)38-36-34-32-30-28-26-23-18-16-14-12-10-8-6-4-2/h11,13,17-19,21-23,25,27,31,33,41H,3-10,12,14-16,20,24,26,28-30,32,34-40H2,1-2H3,(H2,46,47,48)/b13-11+,19-17+,22-21+,23-18+,27-25+,33-31+/t41-/m1/s1. The Bertz CT molecular complexity index is 1070. The fourth-order valence-electron chi connectivity index (χ4n) is 5.17. The maximum absolute atomic E-state index is 12.4. The van der Waals surface area contributed by atoms with Gasteiger partial charge in [-0.2, -0.15) is 0 Å². The van der Waals surface area contributed by atoms with Crippen LogP contribution in [0.4, 0.5) is 0 Å². The molecule has 0 radical (unpaired) electrons. The largest absolute Gasteiger partial charge is 0.469 e. The van der Waals surface area contributed by atoms with E-state index in [0.29, 0.717) is 12.8 Å². The van der Waals surface area contributed by atoms with Gasteiger partial charge in [-0.25, -0.2) is 4.57 Å². The van der Waals surface area contributed by atoms with Gasteiger partial charge in [0.15, 0.2) is 6.10 Å². The Morgan fingerprint density at radius 1 is 0.500 bits per heavy atom. The number of ether oxygens (including phenoxy) is 2. The first kappa shape index (κ1) is 49.5. The molecule has 0 unspecified atom stereocenters. The van der Waals surface area contributed by atoms with Crippen LogP contribution in [0, 0.1) is 0 Å². The average molecular weight is 749 g/mol. The molecule has 0 aromatic heterocycles. The summed E-state index contributed by atoms with van der Waals surface area (Å²) in [5.74, 6) is -0.996. The molecule has 0 aliphatic carbocycles. The lowest BCUT2D eigenvalue weighted by molar-refractivity contribution is -0.161. The summed E-state index contributed by atoms with van der Waals surface area (Å²) < 4.78 is 26.3. The van der Waals surface area contributed by atoms with E-state index in [1.807, 2.05) is 12.2 Å². The number of unbranched alkanes of at least 4 members (excludes halogenated alkanes) is 14. The van der Waals surface area contributed by atoms with Crippen LogP contribution < -0.4 is 0 Å². The molecule has 0 aromatic rings. The monoisotopic (exact) mass is 749 g/mol. The van der Waals surface area contributed by atoms with Crippen molar-refractivity contribution in [3.63, 3.8) is 0 Å². The van der Waals surface area contributed by atoms with Gasteiger partial charge in [0, 0.05) is 12.8 Å². The van der Waals surface area contributed by atoms with Crippen molar-refractivity contribution < 1.29 is 37.9 Å². The highest BCUT2D eigenvalue weighted by atomic mass is 31.2. The number of hydrogen-bond donors (Lipinski definition) is 2. The zero-order valence-electron chi connectivity index (χ0n) is 32.7. The number of phosphoric ester groups is 1. The molecule has 9 heteroatoms. The van der Waals surface area contributed by atoms with E-state index in [4.69, 9.17) is 19.3 Å². The average Bonchev–Trinajstić information content (AvgIpc) is 3.11. The third kappa shape index (κ3) is 40.3.